The van der Waals surface area contributed by atoms with E-state index in [1.807, 2.05) is 7.11 Å². The molecule has 3 heteroatoms. The number of ether oxygens (including phenoxy) is 1. The maximum atomic E-state index is 6.29. The normalized spacial score (nSPS) is 29.7. The van der Waals surface area contributed by atoms with E-state index in [4.69, 9.17) is 9.16 Å². The van der Waals surface area contributed by atoms with Crippen molar-refractivity contribution in [2.24, 2.45) is 5.92 Å². The van der Waals surface area contributed by atoms with E-state index >= 15 is 0 Å². The monoisotopic (exact) mass is 270 g/mol. The molecule has 0 aromatic heterocycles. The summed E-state index contributed by atoms with van der Waals surface area (Å²) >= 11 is 0. The quantitative estimate of drug-likeness (QED) is 0.694. The Hall–Kier alpha value is 0.137. The van der Waals surface area contributed by atoms with Gasteiger partial charge in [-0.05, 0) is 30.3 Å². The Morgan fingerprint density at radius 3 is 2.33 bits per heavy atom. The van der Waals surface area contributed by atoms with E-state index in [0.717, 1.165) is 18.1 Å². The SMILES string of the molecule is CO[Si](CC(C)C)(C1CCCCC1)C1CCCO1. The average Bonchev–Trinajstić information content (AvgIpc) is 2.91. The van der Waals surface area contributed by atoms with E-state index in [1.54, 1.807) is 0 Å². The first-order valence-corrected chi connectivity index (χ1v) is 10.1. The molecule has 0 aromatic rings. The summed E-state index contributed by atoms with van der Waals surface area (Å²) in [4.78, 5) is 0. The van der Waals surface area contributed by atoms with Crippen molar-refractivity contribution in [2.75, 3.05) is 13.7 Å². The third-order valence-electron chi connectivity index (χ3n) is 4.88. The second-order valence-corrected chi connectivity index (χ2v) is 10.8. The summed E-state index contributed by atoms with van der Waals surface area (Å²) in [7, 11) is 0.256. The number of hydrogen-bond donors (Lipinski definition) is 0. The zero-order valence-electron chi connectivity index (χ0n) is 12.4. The number of rotatable bonds is 5. The molecule has 1 heterocycles. The van der Waals surface area contributed by atoms with E-state index in [2.05, 4.69) is 13.8 Å². The topological polar surface area (TPSA) is 18.5 Å². The first-order chi connectivity index (χ1) is 8.69. The molecule has 0 aromatic carbocycles. The molecule has 2 rings (SSSR count). The highest BCUT2D eigenvalue weighted by molar-refractivity contribution is 6.76. The van der Waals surface area contributed by atoms with Crippen LogP contribution in [0.4, 0.5) is 0 Å². The van der Waals surface area contributed by atoms with Crippen LogP contribution in [0, 0.1) is 5.92 Å². The molecule has 2 aliphatic rings. The summed E-state index contributed by atoms with van der Waals surface area (Å²) in [5.41, 5.74) is 1.33. The standard InChI is InChI=1S/C15H30O2Si/c1-13(2)12-18(16-3,15-10-7-11-17-15)14-8-5-4-6-9-14/h13-15H,4-12H2,1-3H3. The smallest absolute Gasteiger partial charge is 0.223 e. The molecule has 0 bridgehead atoms. The minimum atomic E-state index is -1.72. The van der Waals surface area contributed by atoms with E-state index in [-0.39, 0.29) is 0 Å². The van der Waals surface area contributed by atoms with Gasteiger partial charge in [-0.2, -0.15) is 0 Å². The van der Waals surface area contributed by atoms with Crippen LogP contribution in [0.25, 0.3) is 0 Å². The van der Waals surface area contributed by atoms with Crippen LogP contribution in [0.1, 0.15) is 58.8 Å². The molecule has 0 spiro atoms. The summed E-state index contributed by atoms with van der Waals surface area (Å²) in [5, 5.41) is 0. The van der Waals surface area contributed by atoms with Gasteiger partial charge in [0.25, 0.3) is 0 Å². The predicted octanol–water partition coefficient (Wildman–Crippen LogP) is 4.29. The molecule has 1 aliphatic carbocycles. The van der Waals surface area contributed by atoms with Crippen LogP contribution >= 0.6 is 0 Å². The van der Waals surface area contributed by atoms with E-state index < -0.39 is 8.32 Å². The van der Waals surface area contributed by atoms with Gasteiger partial charge in [0, 0.05) is 13.7 Å². The Labute approximate surface area is 114 Å². The molecule has 2 unspecified atom stereocenters. The minimum absolute atomic E-state index is 0.480. The fraction of sp³-hybridized carbons (Fsp3) is 1.00. The van der Waals surface area contributed by atoms with Gasteiger partial charge in [-0.3, -0.25) is 0 Å². The van der Waals surface area contributed by atoms with Crippen LogP contribution in [-0.4, -0.2) is 27.8 Å². The first-order valence-electron chi connectivity index (χ1n) is 7.86. The van der Waals surface area contributed by atoms with Gasteiger partial charge in [0.15, 0.2) is 0 Å². The van der Waals surface area contributed by atoms with Crippen molar-refractivity contribution in [1.29, 1.82) is 0 Å². The number of hydrogen-bond acceptors (Lipinski definition) is 2. The third kappa shape index (κ3) is 2.99. The highest BCUT2D eigenvalue weighted by Gasteiger charge is 2.51. The molecule has 0 amide bonds. The second-order valence-electron chi connectivity index (χ2n) is 6.59. The lowest BCUT2D eigenvalue weighted by Crippen LogP contribution is -2.54. The Kier molecular flexibility index (Phi) is 5.28. The lowest BCUT2D eigenvalue weighted by molar-refractivity contribution is 0.133. The van der Waals surface area contributed by atoms with Crippen LogP contribution in [-0.2, 0) is 9.16 Å². The van der Waals surface area contributed by atoms with Crippen molar-refractivity contribution in [2.45, 2.75) is 76.1 Å². The third-order valence-corrected chi connectivity index (χ3v) is 10.6. The van der Waals surface area contributed by atoms with Crippen molar-refractivity contribution in [1.82, 2.24) is 0 Å². The Balaban J connectivity index is 2.17. The van der Waals surface area contributed by atoms with E-state index in [0.29, 0.717) is 5.73 Å². The van der Waals surface area contributed by atoms with Crippen molar-refractivity contribution in [3.63, 3.8) is 0 Å². The van der Waals surface area contributed by atoms with Gasteiger partial charge in [0.2, 0.25) is 8.32 Å². The molecule has 1 saturated carbocycles. The second kappa shape index (κ2) is 6.53. The fourth-order valence-corrected chi connectivity index (χ4v) is 9.77. The van der Waals surface area contributed by atoms with E-state index in [9.17, 15) is 0 Å². The molecule has 0 radical (unpaired) electrons. The van der Waals surface area contributed by atoms with Gasteiger partial charge in [-0.15, -0.1) is 0 Å². The van der Waals surface area contributed by atoms with Crippen molar-refractivity contribution >= 4 is 8.32 Å². The first kappa shape index (κ1) is 14.5. The summed E-state index contributed by atoms with van der Waals surface area (Å²) in [6.07, 6.45) is 9.54. The lowest BCUT2D eigenvalue weighted by atomic mass is 10.0. The van der Waals surface area contributed by atoms with Gasteiger partial charge in [0.1, 0.15) is 0 Å². The molecule has 18 heavy (non-hydrogen) atoms. The van der Waals surface area contributed by atoms with Crippen LogP contribution in [0.15, 0.2) is 0 Å². The van der Waals surface area contributed by atoms with Crippen molar-refractivity contribution in [3.05, 3.63) is 0 Å². The van der Waals surface area contributed by atoms with Crippen LogP contribution in [0.2, 0.25) is 11.6 Å². The Morgan fingerprint density at radius 2 is 1.83 bits per heavy atom. The molecular formula is C15H30O2Si. The van der Waals surface area contributed by atoms with Crippen molar-refractivity contribution in [3.8, 4) is 0 Å². The summed E-state index contributed by atoms with van der Waals surface area (Å²) in [6.45, 7) is 5.66. The zero-order valence-corrected chi connectivity index (χ0v) is 13.4. The molecule has 1 saturated heterocycles. The fourth-order valence-electron chi connectivity index (χ4n) is 4.13. The van der Waals surface area contributed by atoms with Crippen molar-refractivity contribution < 1.29 is 9.16 Å². The Morgan fingerprint density at radius 1 is 1.11 bits per heavy atom. The maximum Gasteiger partial charge on any atom is 0.223 e. The molecule has 2 nitrogen and oxygen atoms in total. The minimum Gasteiger partial charge on any atom is -0.417 e. The summed E-state index contributed by atoms with van der Waals surface area (Å²) in [6, 6.07) is 1.29. The maximum absolute atomic E-state index is 6.29. The molecule has 1 aliphatic heterocycles. The zero-order chi connectivity index (χ0) is 13.0. The average molecular weight is 270 g/mol. The van der Waals surface area contributed by atoms with Gasteiger partial charge in [0.05, 0.1) is 5.73 Å². The van der Waals surface area contributed by atoms with Gasteiger partial charge in [-0.25, -0.2) is 0 Å². The van der Waals surface area contributed by atoms with Gasteiger partial charge < -0.3 is 9.16 Å². The largest absolute Gasteiger partial charge is 0.417 e. The van der Waals surface area contributed by atoms with Crippen LogP contribution in [0.3, 0.4) is 0 Å². The summed E-state index contributed by atoms with van der Waals surface area (Å²) in [5.74, 6) is 0.739. The van der Waals surface area contributed by atoms with Gasteiger partial charge >= 0.3 is 0 Å². The Bertz CT molecular complexity index is 245. The highest BCUT2D eigenvalue weighted by atomic mass is 28.4. The molecule has 2 atom stereocenters. The summed E-state index contributed by atoms with van der Waals surface area (Å²) < 4.78 is 12.4. The van der Waals surface area contributed by atoms with Crippen LogP contribution < -0.4 is 0 Å². The predicted molar refractivity (Wildman–Crippen MR) is 78.2 cm³/mol. The van der Waals surface area contributed by atoms with E-state index in [1.165, 1.54) is 51.0 Å². The molecule has 106 valence electrons. The molecule has 2 fully saturated rings. The van der Waals surface area contributed by atoms with Gasteiger partial charge in [-0.1, -0.05) is 46.0 Å². The highest BCUT2D eigenvalue weighted by Crippen LogP contribution is 2.45. The van der Waals surface area contributed by atoms with Crippen LogP contribution in [0.5, 0.6) is 0 Å². The molecular weight excluding hydrogens is 240 g/mol. The lowest BCUT2D eigenvalue weighted by Gasteiger charge is -2.43. The molecule has 0 N–H and O–H groups in total.